The molecule has 3 N–H and O–H groups in total. The van der Waals surface area contributed by atoms with Crippen LogP contribution in [0.15, 0.2) is 36.9 Å². The van der Waals surface area contributed by atoms with Crippen molar-refractivity contribution in [1.82, 2.24) is 5.32 Å². The van der Waals surface area contributed by atoms with Crippen molar-refractivity contribution in [3.63, 3.8) is 0 Å². The number of nitrogens with one attached hydrogen (secondary N) is 2. The van der Waals surface area contributed by atoms with Gasteiger partial charge in [0.2, 0.25) is 0 Å². The number of urea groups is 1. The number of anilines is 1. The number of rotatable bonds is 7. The Kier molecular flexibility index (Phi) is 6.15. The molecule has 0 radical (unpaired) electrons. The highest BCUT2D eigenvalue weighted by Gasteiger charge is 2.02. The fraction of sp³-hybridized carbons (Fsp3) is 0.286. The number of aryl methyl sites for hydroxylation is 1. The van der Waals surface area contributed by atoms with Crippen LogP contribution in [0, 0.1) is 0 Å². The van der Waals surface area contributed by atoms with Gasteiger partial charge in [0.25, 0.3) is 0 Å². The van der Waals surface area contributed by atoms with E-state index in [-0.39, 0.29) is 12.5 Å². The molecule has 102 valence electrons. The van der Waals surface area contributed by atoms with Gasteiger partial charge >= 0.3 is 12.0 Å². The number of carbonyl (C=O) groups excluding carboxylic acids is 1. The highest BCUT2D eigenvalue weighted by atomic mass is 16.4. The summed E-state index contributed by atoms with van der Waals surface area (Å²) in [6, 6.07) is 6.86. The van der Waals surface area contributed by atoms with Gasteiger partial charge in [0.05, 0.1) is 0 Å². The van der Waals surface area contributed by atoms with Crippen molar-refractivity contribution in [2.24, 2.45) is 0 Å². The zero-order valence-electron chi connectivity index (χ0n) is 10.7. The quantitative estimate of drug-likeness (QED) is 0.521. The molecular formula is C14H18N2O3. The predicted octanol–water partition coefficient (Wildman–Crippen LogP) is 2.40. The molecule has 0 saturated heterocycles. The topological polar surface area (TPSA) is 78.4 Å². The summed E-state index contributed by atoms with van der Waals surface area (Å²) in [6.07, 6.45) is 3.05. The van der Waals surface area contributed by atoms with Gasteiger partial charge in [-0.1, -0.05) is 18.2 Å². The summed E-state index contributed by atoms with van der Waals surface area (Å²) in [6.45, 7) is 4.12. The highest BCUT2D eigenvalue weighted by Crippen LogP contribution is 2.10. The van der Waals surface area contributed by atoms with Crippen LogP contribution in [0.1, 0.15) is 18.4 Å². The first-order valence-corrected chi connectivity index (χ1v) is 6.08. The lowest BCUT2D eigenvalue weighted by Crippen LogP contribution is -2.29. The summed E-state index contributed by atoms with van der Waals surface area (Å²) < 4.78 is 0. The minimum atomic E-state index is -0.816. The van der Waals surface area contributed by atoms with E-state index in [2.05, 4.69) is 17.2 Å². The Labute approximate surface area is 112 Å². The summed E-state index contributed by atoms with van der Waals surface area (Å²) in [5.41, 5.74) is 1.61. The van der Waals surface area contributed by atoms with E-state index in [9.17, 15) is 9.59 Å². The highest BCUT2D eigenvalue weighted by molar-refractivity contribution is 5.89. The Morgan fingerprint density at radius 3 is 2.53 bits per heavy atom. The molecule has 0 aliphatic heterocycles. The summed E-state index contributed by atoms with van der Waals surface area (Å²) in [5, 5.41) is 14.0. The molecule has 0 heterocycles. The van der Waals surface area contributed by atoms with E-state index in [1.807, 2.05) is 12.1 Å². The Morgan fingerprint density at radius 2 is 1.95 bits per heavy atom. The first-order chi connectivity index (χ1) is 9.11. The molecule has 1 aromatic rings. The third-order valence-electron chi connectivity index (χ3n) is 2.47. The molecule has 0 bridgehead atoms. The van der Waals surface area contributed by atoms with E-state index in [4.69, 9.17) is 5.11 Å². The first-order valence-electron chi connectivity index (χ1n) is 6.08. The number of carboxylic acids is 1. The van der Waals surface area contributed by atoms with Crippen LogP contribution < -0.4 is 10.6 Å². The molecule has 0 fully saturated rings. The summed E-state index contributed by atoms with van der Waals surface area (Å²) in [5.74, 6) is -0.816. The van der Waals surface area contributed by atoms with Gasteiger partial charge in [-0.2, -0.15) is 0 Å². The number of carbonyl (C=O) groups is 2. The van der Waals surface area contributed by atoms with Crippen LogP contribution in [0.3, 0.4) is 0 Å². The molecule has 1 aromatic carbocycles. The lowest BCUT2D eigenvalue weighted by atomic mass is 10.1. The maximum Gasteiger partial charge on any atom is 0.319 e. The van der Waals surface area contributed by atoms with Gasteiger partial charge in [0, 0.05) is 18.7 Å². The van der Waals surface area contributed by atoms with Gasteiger partial charge < -0.3 is 15.7 Å². The van der Waals surface area contributed by atoms with Crippen molar-refractivity contribution >= 4 is 17.7 Å². The SMILES string of the molecule is C=CCCNC(=O)Nc1ccc(CCC(=O)O)cc1. The second kappa shape index (κ2) is 7.92. The van der Waals surface area contributed by atoms with Crippen LogP contribution in [0.2, 0.25) is 0 Å². The van der Waals surface area contributed by atoms with Crippen LogP contribution in [0.25, 0.3) is 0 Å². The van der Waals surface area contributed by atoms with Gasteiger partial charge in [-0.25, -0.2) is 4.79 Å². The molecular weight excluding hydrogens is 244 g/mol. The van der Waals surface area contributed by atoms with E-state index < -0.39 is 5.97 Å². The molecule has 1 rings (SSSR count). The third kappa shape index (κ3) is 6.26. The summed E-state index contributed by atoms with van der Waals surface area (Å²) in [7, 11) is 0. The van der Waals surface area contributed by atoms with Gasteiger partial charge in [0.15, 0.2) is 0 Å². The average Bonchev–Trinajstić information content (AvgIpc) is 2.38. The fourth-order valence-corrected chi connectivity index (χ4v) is 1.47. The maximum atomic E-state index is 11.5. The molecule has 0 aromatic heterocycles. The zero-order valence-corrected chi connectivity index (χ0v) is 10.7. The molecule has 0 aliphatic rings. The Hall–Kier alpha value is -2.30. The van der Waals surface area contributed by atoms with E-state index in [1.54, 1.807) is 18.2 Å². The Balaban J connectivity index is 2.40. The molecule has 2 amide bonds. The van der Waals surface area contributed by atoms with Crippen molar-refractivity contribution in [2.75, 3.05) is 11.9 Å². The molecule has 0 atom stereocenters. The number of hydrogen-bond donors (Lipinski definition) is 3. The third-order valence-corrected chi connectivity index (χ3v) is 2.47. The Bertz CT molecular complexity index is 441. The second-order valence-corrected chi connectivity index (χ2v) is 4.05. The standard InChI is InChI=1S/C14H18N2O3/c1-2-3-10-15-14(19)16-12-7-4-11(5-8-12)6-9-13(17)18/h2,4-5,7-8H,1,3,6,9-10H2,(H,17,18)(H2,15,16,19). The van der Waals surface area contributed by atoms with Crippen molar-refractivity contribution in [3.05, 3.63) is 42.5 Å². The minimum absolute atomic E-state index is 0.106. The molecule has 5 nitrogen and oxygen atoms in total. The van der Waals surface area contributed by atoms with Gasteiger partial charge in [-0.05, 0) is 30.5 Å². The molecule has 5 heteroatoms. The fourth-order valence-electron chi connectivity index (χ4n) is 1.47. The van der Waals surface area contributed by atoms with Crippen LogP contribution >= 0.6 is 0 Å². The van der Waals surface area contributed by atoms with E-state index >= 15 is 0 Å². The number of carboxylic acid groups (broad SMARTS) is 1. The van der Waals surface area contributed by atoms with Gasteiger partial charge in [0.1, 0.15) is 0 Å². The maximum absolute atomic E-state index is 11.5. The minimum Gasteiger partial charge on any atom is -0.481 e. The normalized spacial score (nSPS) is 9.68. The number of amides is 2. The monoisotopic (exact) mass is 262 g/mol. The van der Waals surface area contributed by atoms with Crippen LogP contribution in [0.4, 0.5) is 10.5 Å². The number of hydrogen-bond acceptors (Lipinski definition) is 2. The van der Waals surface area contributed by atoms with Gasteiger partial charge in [-0.15, -0.1) is 6.58 Å². The molecule has 0 spiro atoms. The molecule has 0 saturated carbocycles. The van der Waals surface area contributed by atoms with Crippen LogP contribution in [-0.4, -0.2) is 23.7 Å². The van der Waals surface area contributed by atoms with Crippen molar-refractivity contribution in [3.8, 4) is 0 Å². The first kappa shape index (κ1) is 14.8. The molecule has 19 heavy (non-hydrogen) atoms. The largest absolute Gasteiger partial charge is 0.481 e. The zero-order chi connectivity index (χ0) is 14.1. The predicted molar refractivity (Wildman–Crippen MR) is 74.2 cm³/mol. The van der Waals surface area contributed by atoms with E-state index in [0.717, 1.165) is 12.0 Å². The van der Waals surface area contributed by atoms with Gasteiger partial charge in [-0.3, -0.25) is 4.79 Å². The van der Waals surface area contributed by atoms with Crippen molar-refractivity contribution < 1.29 is 14.7 Å². The van der Waals surface area contributed by atoms with Crippen molar-refractivity contribution in [1.29, 1.82) is 0 Å². The summed E-state index contributed by atoms with van der Waals surface area (Å²) >= 11 is 0. The van der Waals surface area contributed by atoms with E-state index in [0.29, 0.717) is 18.7 Å². The lowest BCUT2D eigenvalue weighted by molar-refractivity contribution is -0.136. The molecule has 0 aliphatic carbocycles. The van der Waals surface area contributed by atoms with E-state index in [1.165, 1.54) is 0 Å². The average molecular weight is 262 g/mol. The lowest BCUT2D eigenvalue weighted by Gasteiger charge is -2.07. The van der Waals surface area contributed by atoms with Crippen LogP contribution in [0.5, 0.6) is 0 Å². The van der Waals surface area contributed by atoms with Crippen molar-refractivity contribution in [2.45, 2.75) is 19.3 Å². The second-order valence-electron chi connectivity index (χ2n) is 4.05. The smallest absolute Gasteiger partial charge is 0.319 e. The summed E-state index contributed by atoms with van der Waals surface area (Å²) in [4.78, 5) is 21.9. The Morgan fingerprint density at radius 1 is 1.26 bits per heavy atom. The van der Waals surface area contributed by atoms with Crippen LogP contribution in [-0.2, 0) is 11.2 Å². The number of benzene rings is 1. The number of aliphatic carboxylic acids is 1. The molecule has 0 unspecified atom stereocenters.